The Morgan fingerprint density at radius 2 is 1.44 bits per heavy atom. The number of hydroxylamine groups is 4. The van der Waals surface area contributed by atoms with Gasteiger partial charge in [-0.25, -0.2) is 9.59 Å². The average molecular weight is 251 g/mol. The molecule has 0 aliphatic carbocycles. The van der Waals surface area contributed by atoms with Crippen LogP contribution in [-0.2, 0) is 23.3 Å². The van der Waals surface area contributed by atoms with Crippen LogP contribution in [0, 0.1) is 0 Å². The largest absolute Gasteiger partial charge is 0.747 e. The molecule has 0 radical (unpaired) electrons. The Bertz CT molecular complexity index is 305. The first kappa shape index (κ1) is 11.1. The van der Waals surface area contributed by atoms with Crippen LogP contribution >= 0.6 is 8.25 Å². The van der Waals surface area contributed by atoms with Crippen LogP contribution in [0.5, 0.6) is 0 Å². The van der Waals surface area contributed by atoms with E-state index in [0.717, 1.165) is 10.1 Å². The van der Waals surface area contributed by atoms with Crippen LogP contribution in [0.25, 0.3) is 0 Å². The van der Waals surface area contributed by atoms with E-state index in [1.807, 2.05) is 0 Å². The summed E-state index contributed by atoms with van der Waals surface area (Å²) in [4.78, 5) is 21.8. The fraction of sp³-hybridized carbons (Fsp3) is 0.667. The average Bonchev–Trinajstić information content (AvgIpc) is 2.79. The molecule has 0 spiro atoms. The quantitative estimate of drug-likeness (QED) is 0.667. The number of rotatable bonds is 4. The Morgan fingerprint density at radius 3 is 1.75 bits per heavy atom. The summed E-state index contributed by atoms with van der Waals surface area (Å²) in [6, 6.07) is 0. The lowest BCUT2D eigenvalue weighted by atomic mass is 10.7. The topological polar surface area (TPSA) is 94.6 Å². The van der Waals surface area contributed by atoms with Gasteiger partial charge in [0.25, 0.3) is 0 Å². The van der Waals surface area contributed by atoms with Crippen molar-refractivity contribution in [1.29, 1.82) is 0 Å². The van der Waals surface area contributed by atoms with Gasteiger partial charge in [-0.15, -0.1) is 10.1 Å². The predicted molar refractivity (Wildman–Crippen MR) is 45.9 cm³/mol. The lowest BCUT2D eigenvalue weighted by molar-refractivity contribution is -0.0570. The highest BCUT2D eigenvalue weighted by atomic mass is 31.1. The molecule has 0 aromatic carbocycles. The third-order valence-corrected chi connectivity index (χ3v) is 2.44. The molecule has 2 aliphatic rings. The summed E-state index contributed by atoms with van der Waals surface area (Å²) in [5, 5.41) is 1.53. The van der Waals surface area contributed by atoms with Crippen molar-refractivity contribution < 1.29 is 32.9 Å². The molecule has 10 heteroatoms. The van der Waals surface area contributed by atoms with Crippen LogP contribution in [0.1, 0.15) is 0 Å². The highest BCUT2D eigenvalue weighted by Crippen LogP contribution is 2.29. The minimum absolute atomic E-state index is 0.160. The second-order valence-corrected chi connectivity index (χ2v) is 3.59. The van der Waals surface area contributed by atoms with Crippen molar-refractivity contribution in [3.8, 4) is 0 Å². The number of cyclic esters (lactones) is 2. The molecule has 2 aliphatic heterocycles. The Balaban J connectivity index is 1.79. The van der Waals surface area contributed by atoms with Crippen molar-refractivity contribution in [3.05, 3.63) is 0 Å². The molecule has 2 heterocycles. The highest BCUT2D eigenvalue weighted by Gasteiger charge is 2.40. The van der Waals surface area contributed by atoms with Crippen molar-refractivity contribution in [1.82, 2.24) is 10.1 Å². The molecule has 2 fully saturated rings. The molecular weight excluding hydrogens is 243 g/mol. The van der Waals surface area contributed by atoms with E-state index < -0.39 is 20.4 Å². The Kier molecular flexibility index (Phi) is 3.18. The number of amides is 2. The molecule has 0 atom stereocenters. The Morgan fingerprint density at radius 1 is 1.00 bits per heavy atom. The van der Waals surface area contributed by atoms with E-state index in [0.29, 0.717) is 0 Å². The van der Waals surface area contributed by atoms with Gasteiger partial charge in [0, 0.05) is 13.8 Å². The molecule has 0 bridgehead atoms. The van der Waals surface area contributed by atoms with Crippen LogP contribution in [-0.4, -0.2) is 48.6 Å². The minimum atomic E-state index is -2.66. The molecule has 2 amide bonds. The number of nitrogens with zero attached hydrogens (tertiary/aromatic N) is 2. The molecule has 16 heavy (non-hydrogen) atoms. The molecular formula is C6H8N2O7P+. The van der Waals surface area contributed by atoms with E-state index in [4.69, 9.17) is 0 Å². The third kappa shape index (κ3) is 2.38. The molecule has 0 aromatic heterocycles. The van der Waals surface area contributed by atoms with Crippen LogP contribution < -0.4 is 0 Å². The zero-order valence-corrected chi connectivity index (χ0v) is 8.92. The summed E-state index contributed by atoms with van der Waals surface area (Å²) in [5.41, 5.74) is 0. The van der Waals surface area contributed by atoms with Crippen LogP contribution in [0.2, 0.25) is 0 Å². The smallest absolute Gasteiger partial charge is 0.446 e. The molecule has 0 saturated carbocycles. The van der Waals surface area contributed by atoms with Gasteiger partial charge in [0.2, 0.25) is 0 Å². The van der Waals surface area contributed by atoms with Crippen molar-refractivity contribution in [3.63, 3.8) is 0 Å². The lowest BCUT2D eigenvalue weighted by Gasteiger charge is -2.03. The zero-order chi connectivity index (χ0) is 11.5. The SMILES string of the molecule is O=C1OCCN1O[P+](=O)ON1CCOC1=O. The van der Waals surface area contributed by atoms with E-state index >= 15 is 0 Å². The molecule has 0 N–H and O–H groups in total. The summed E-state index contributed by atoms with van der Waals surface area (Å²) in [7, 11) is -2.66. The number of ether oxygens (including phenoxy) is 2. The predicted octanol–water partition coefficient (Wildman–Crippen LogP) is 0.411. The summed E-state index contributed by atoms with van der Waals surface area (Å²) in [5.74, 6) is 0. The van der Waals surface area contributed by atoms with Gasteiger partial charge in [-0.2, -0.15) is 0 Å². The van der Waals surface area contributed by atoms with Gasteiger partial charge >= 0.3 is 20.4 Å². The molecule has 0 aromatic rings. The Labute approximate surface area is 90.6 Å². The van der Waals surface area contributed by atoms with E-state index in [1.54, 1.807) is 0 Å². The van der Waals surface area contributed by atoms with Gasteiger partial charge in [0.1, 0.15) is 13.2 Å². The molecule has 0 unspecified atom stereocenters. The maximum absolute atomic E-state index is 11.3. The number of hydrogen-bond acceptors (Lipinski definition) is 7. The van der Waals surface area contributed by atoms with Crippen molar-refractivity contribution in [2.45, 2.75) is 0 Å². The number of carbonyl (C=O) groups excluding carboxylic acids is 2. The van der Waals surface area contributed by atoms with Gasteiger partial charge in [0.05, 0.1) is 13.1 Å². The van der Waals surface area contributed by atoms with Crippen molar-refractivity contribution >= 4 is 20.4 Å². The normalized spacial score (nSPS) is 20.0. The van der Waals surface area contributed by atoms with Gasteiger partial charge < -0.3 is 9.47 Å². The van der Waals surface area contributed by atoms with E-state index in [1.165, 1.54) is 0 Å². The van der Waals surface area contributed by atoms with E-state index in [-0.39, 0.29) is 26.3 Å². The maximum atomic E-state index is 11.3. The number of carbonyl (C=O) groups is 2. The molecule has 88 valence electrons. The van der Waals surface area contributed by atoms with Gasteiger partial charge in [-0.1, -0.05) is 0 Å². The summed E-state index contributed by atoms with van der Waals surface area (Å²) in [6.07, 6.45) is -1.48. The maximum Gasteiger partial charge on any atom is 0.747 e. The van der Waals surface area contributed by atoms with Crippen LogP contribution in [0.3, 0.4) is 0 Å². The molecule has 9 nitrogen and oxygen atoms in total. The van der Waals surface area contributed by atoms with Gasteiger partial charge in [-0.05, 0) is 0 Å². The third-order valence-electron chi connectivity index (χ3n) is 1.78. The summed E-state index contributed by atoms with van der Waals surface area (Å²) < 4.78 is 29.6. The second-order valence-electron chi connectivity index (χ2n) is 2.82. The molecule has 2 rings (SSSR count). The second kappa shape index (κ2) is 4.60. The highest BCUT2D eigenvalue weighted by molar-refractivity contribution is 7.33. The Hall–Kier alpha value is -1.44. The number of hydrogen-bond donors (Lipinski definition) is 0. The first-order chi connectivity index (χ1) is 7.66. The van der Waals surface area contributed by atoms with Crippen LogP contribution in [0.4, 0.5) is 9.59 Å². The molecule has 2 saturated heterocycles. The first-order valence-electron chi connectivity index (χ1n) is 4.39. The fourth-order valence-electron chi connectivity index (χ4n) is 1.08. The van der Waals surface area contributed by atoms with Gasteiger partial charge in [0.15, 0.2) is 0 Å². The lowest BCUT2D eigenvalue weighted by Crippen LogP contribution is -2.25. The standard InChI is InChI=1S/C6H8N2O7P/c9-5-7(1-3-12-5)14-16(11)15-8-2-4-13-6(8)10/h1-4H2/q+1. The fourth-order valence-corrected chi connectivity index (χ4v) is 1.73. The van der Waals surface area contributed by atoms with Crippen molar-refractivity contribution in [2.75, 3.05) is 26.3 Å². The van der Waals surface area contributed by atoms with Gasteiger partial charge in [-0.3, -0.25) is 0 Å². The van der Waals surface area contributed by atoms with E-state index in [9.17, 15) is 14.2 Å². The zero-order valence-electron chi connectivity index (χ0n) is 8.03. The summed E-state index contributed by atoms with van der Waals surface area (Å²) >= 11 is 0. The van der Waals surface area contributed by atoms with Crippen molar-refractivity contribution in [2.24, 2.45) is 0 Å². The first-order valence-corrected chi connectivity index (χ1v) is 5.48. The minimum Gasteiger partial charge on any atom is -0.446 e. The van der Waals surface area contributed by atoms with E-state index in [2.05, 4.69) is 18.7 Å². The van der Waals surface area contributed by atoms with Crippen LogP contribution in [0.15, 0.2) is 0 Å². The summed E-state index contributed by atoms with van der Waals surface area (Å²) in [6.45, 7) is 0.642. The monoisotopic (exact) mass is 251 g/mol.